The molecule has 1 aromatic rings. The molecule has 134 valence electrons. The second-order valence-corrected chi connectivity index (χ2v) is 6.47. The predicted molar refractivity (Wildman–Crippen MR) is 96.0 cm³/mol. The van der Waals surface area contributed by atoms with E-state index in [1.54, 1.807) is 0 Å². The van der Waals surface area contributed by atoms with E-state index in [1.165, 1.54) is 12.1 Å². The van der Waals surface area contributed by atoms with Crippen molar-refractivity contribution in [2.45, 2.75) is 32.1 Å². The molecule has 3 N–H and O–H groups in total. The summed E-state index contributed by atoms with van der Waals surface area (Å²) in [5.41, 5.74) is 4.59. The molecule has 8 nitrogen and oxygen atoms in total. The summed E-state index contributed by atoms with van der Waals surface area (Å²) in [6, 6.07) is 3.66. The van der Waals surface area contributed by atoms with Crippen LogP contribution in [-0.2, 0) is 4.79 Å². The normalized spacial score (nSPS) is 14.4. The van der Waals surface area contributed by atoms with Crippen molar-refractivity contribution < 1.29 is 14.5 Å². The molecule has 1 aliphatic rings. The summed E-state index contributed by atoms with van der Waals surface area (Å²) in [4.78, 5) is 34.2. The molecule has 0 aromatic heterocycles. The second-order valence-electron chi connectivity index (χ2n) is 5.66. The number of hydrogen-bond acceptors (Lipinski definition) is 5. The Morgan fingerprint density at radius 2 is 1.88 bits per heavy atom. The fraction of sp³-hybridized carbons (Fsp3) is 0.400. The number of carbonyl (C=O) groups is 2. The molecule has 0 radical (unpaired) electrons. The highest BCUT2D eigenvalue weighted by Gasteiger charge is 2.21. The van der Waals surface area contributed by atoms with Crippen LogP contribution < -0.4 is 16.2 Å². The van der Waals surface area contributed by atoms with E-state index in [9.17, 15) is 19.7 Å². The summed E-state index contributed by atoms with van der Waals surface area (Å²) >= 11 is 10.6. The van der Waals surface area contributed by atoms with Gasteiger partial charge < -0.3 is 0 Å². The van der Waals surface area contributed by atoms with E-state index in [2.05, 4.69) is 16.2 Å². The van der Waals surface area contributed by atoms with Crippen molar-refractivity contribution in [2.75, 3.05) is 0 Å². The summed E-state index contributed by atoms with van der Waals surface area (Å²) in [6.07, 6.45) is 4.85. The number of rotatable bonds is 3. The number of hydrazine groups is 1. The average molecular weight is 385 g/mol. The van der Waals surface area contributed by atoms with Gasteiger partial charge in [-0.2, -0.15) is 0 Å². The van der Waals surface area contributed by atoms with E-state index in [0.29, 0.717) is 0 Å². The maximum Gasteiger partial charge on any atom is 0.288 e. The Hall–Kier alpha value is -2.26. The van der Waals surface area contributed by atoms with Gasteiger partial charge in [-0.1, -0.05) is 30.9 Å². The van der Waals surface area contributed by atoms with Crippen LogP contribution in [-0.4, -0.2) is 21.9 Å². The van der Waals surface area contributed by atoms with Gasteiger partial charge in [-0.3, -0.25) is 35.9 Å². The molecule has 10 heteroatoms. The summed E-state index contributed by atoms with van der Waals surface area (Å²) in [5, 5.41) is 13.0. The molecule has 1 aliphatic carbocycles. The summed E-state index contributed by atoms with van der Waals surface area (Å²) in [6.45, 7) is 0. The van der Waals surface area contributed by atoms with E-state index in [0.717, 1.165) is 38.2 Å². The average Bonchev–Trinajstić information content (AvgIpc) is 2.60. The standard InChI is InChI=1S/C15H17ClN4O4S/c16-11-7-6-10(8-12(11)20(23)24)13(21)17-15(25)19-18-14(22)9-4-2-1-3-5-9/h6-9H,1-5H2,(H,18,22)(H2,17,19,21,25). The molecule has 2 rings (SSSR count). The highest BCUT2D eigenvalue weighted by molar-refractivity contribution is 7.80. The molecule has 0 unspecified atom stereocenters. The number of nitrogens with one attached hydrogen (secondary N) is 3. The molecule has 0 aliphatic heterocycles. The van der Waals surface area contributed by atoms with E-state index in [4.69, 9.17) is 23.8 Å². The van der Waals surface area contributed by atoms with Crippen LogP contribution in [0.5, 0.6) is 0 Å². The molecule has 0 atom stereocenters. The number of amides is 2. The number of halogens is 1. The van der Waals surface area contributed by atoms with Crippen LogP contribution in [0.3, 0.4) is 0 Å². The number of benzene rings is 1. The smallest absolute Gasteiger partial charge is 0.288 e. The van der Waals surface area contributed by atoms with Gasteiger partial charge in [-0.25, -0.2) is 0 Å². The Morgan fingerprint density at radius 3 is 2.52 bits per heavy atom. The molecule has 0 spiro atoms. The van der Waals surface area contributed by atoms with E-state index < -0.39 is 10.8 Å². The Morgan fingerprint density at radius 1 is 1.20 bits per heavy atom. The molecule has 2 amide bonds. The van der Waals surface area contributed by atoms with Crippen LogP contribution in [0.4, 0.5) is 5.69 Å². The highest BCUT2D eigenvalue weighted by Crippen LogP contribution is 2.25. The first kappa shape index (κ1) is 19.1. The Balaban J connectivity index is 1.87. The minimum absolute atomic E-state index is 0.0267. The zero-order chi connectivity index (χ0) is 18.4. The van der Waals surface area contributed by atoms with Gasteiger partial charge in [0.2, 0.25) is 5.91 Å². The van der Waals surface area contributed by atoms with Gasteiger partial charge in [0.1, 0.15) is 5.02 Å². The van der Waals surface area contributed by atoms with Gasteiger partial charge in [0.15, 0.2) is 5.11 Å². The van der Waals surface area contributed by atoms with Gasteiger partial charge >= 0.3 is 0 Å². The summed E-state index contributed by atoms with van der Waals surface area (Å²) in [5.74, 6) is -0.874. The highest BCUT2D eigenvalue weighted by atomic mass is 35.5. The number of nitrogens with zero attached hydrogens (tertiary/aromatic N) is 1. The van der Waals surface area contributed by atoms with Crippen molar-refractivity contribution in [3.05, 3.63) is 38.9 Å². The minimum atomic E-state index is -0.680. The number of nitro groups is 1. The third-order valence-corrected chi connectivity index (χ3v) is 4.43. The molecule has 1 saturated carbocycles. The first-order valence-electron chi connectivity index (χ1n) is 7.73. The van der Waals surface area contributed by atoms with Crippen molar-refractivity contribution in [2.24, 2.45) is 5.92 Å². The number of nitro benzene ring substituents is 1. The van der Waals surface area contributed by atoms with Gasteiger partial charge in [0.05, 0.1) is 4.92 Å². The van der Waals surface area contributed by atoms with E-state index >= 15 is 0 Å². The zero-order valence-electron chi connectivity index (χ0n) is 13.2. The number of thiocarbonyl (C=S) groups is 1. The van der Waals surface area contributed by atoms with Crippen LogP contribution in [0.15, 0.2) is 18.2 Å². The maximum atomic E-state index is 12.1. The molecule has 0 heterocycles. The Bertz CT molecular complexity index is 707. The first-order valence-corrected chi connectivity index (χ1v) is 8.52. The van der Waals surface area contributed by atoms with Crippen molar-refractivity contribution in [3.8, 4) is 0 Å². The predicted octanol–water partition coefficient (Wildman–Crippen LogP) is 2.46. The fourth-order valence-corrected chi connectivity index (χ4v) is 2.92. The number of hydrogen-bond donors (Lipinski definition) is 3. The molecule has 1 fully saturated rings. The Kier molecular flexibility index (Phi) is 6.65. The van der Waals surface area contributed by atoms with Crippen molar-refractivity contribution >= 4 is 46.4 Å². The van der Waals surface area contributed by atoms with Crippen LogP contribution in [0.2, 0.25) is 5.02 Å². The van der Waals surface area contributed by atoms with Crippen LogP contribution in [0.1, 0.15) is 42.5 Å². The quantitative estimate of drug-likeness (QED) is 0.419. The molecule has 25 heavy (non-hydrogen) atoms. The molecular weight excluding hydrogens is 368 g/mol. The molecule has 1 aromatic carbocycles. The first-order chi connectivity index (χ1) is 11.9. The van der Waals surface area contributed by atoms with E-state index in [-0.39, 0.29) is 33.2 Å². The third-order valence-electron chi connectivity index (χ3n) is 3.91. The summed E-state index contributed by atoms with van der Waals surface area (Å²) in [7, 11) is 0. The topological polar surface area (TPSA) is 113 Å². The minimum Gasteiger partial charge on any atom is -0.298 e. The molecule has 0 saturated heterocycles. The lowest BCUT2D eigenvalue weighted by atomic mass is 9.89. The SMILES string of the molecule is O=C(NC(=S)NNC(=O)C1CCCCC1)c1ccc(Cl)c([N+](=O)[O-])c1. The van der Waals surface area contributed by atoms with Crippen LogP contribution in [0.25, 0.3) is 0 Å². The lowest BCUT2D eigenvalue weighted by molar-refractivity contribution is -0.384. The van der Waals surface area contributed by atoms with Crippen LogP contribution >= 0.6 is 23.8 Å². The fourth-order valence-electron chi connectivity index (χ4n) is 2.59. The van der Waals surface area contributed by atoms with Gasteiger partial charge in [-0.05, 0) is 37.2 Å². The zero-order valence-corrected chi connectivity index (χ0v) is 14.8. The Labute approximate surface area is 154 Å². The van der Waals surface area contributed by atoms with Gasteiger partial charge in [0, 0.05) is 17.5 Å². The van der Waals surface area contributed by atoms with Gasteiger partial charge in [-0.15, -0.1) is 0 Å². The van der Waals surface area contributed by atoms with Gasteiger partial charge in [0.25, 0.3) is 11.6 Å². The van der Waals surface area contributed by atoms with Crippen LogP contribution in [0, 0.1) is 16.0 Å². The van der Waals surface area contributed by atoms with E-state index in [1.807, 2.05) is 0 Å². The van der Waals surface area contributed by atoms with Crippen molar-refractivity contribution in [3.63, 3.8) is 0 Å². The molecular formula is C15H17ClN4O4S. The molecule has 0 bridgehead atoms. The lowest BCUT2D eigenvalue weighted by Crippen LogP contribution is -2.50. The number of carbonyl (C=O) groups excluding carboxylic acids is 2. The van der Waals surface area contributed by atoms with Crippen molar-refractivity contribution in [1.29, 1.82) is 0 Å². The second kappa shape index (κ2) is 8.72. The summed E-state index contributed by atoms with van der Waals surface area (Å²) < 4.78 is 0. The maximum absolute atomic E-state index is 12.1. The van der Waals surface area contributed by atoms with Crippen molar-refractivity contribution in [1.82, 2.24) is 16.2 Å². The largest absolute Gasteiger partial charge is 0.298 e. The lowest BCUT2D eigenvalue weighted by Gasteiger charge is -2.21. The third kappa shape index (κ3) is 5.36. The monoisotopic (exact) mass is 384 g/mol.